The van der Waals surface area contributed by atoms with E-state index >= 15 is 0 Å². The third-order valence-electron chi connectivity index (χ3n) is 5.13. The molecule has 1 aromatic carbocycles. The number of nitrogens with one attached hydrogen (secondary N) is 1. The van der Waals surface area contributed by atoms with Gasteiger partial charge in [0.2, 0.25) is 18.5 Å². The molecule has 4 heterocycles. The van der Waals surface area contributed by atoms with Crippen molar-refractivity contribution in [1.82, 2.24) is 24.5 Å². The number of fused-ring (bicyclic) bond motifs is 4. The Hall–Kier alpha value is -3.40. The molecule has 4 aromatic rings. The lowest BCUT2D eigenvalue weighted by Gasteiger charge is -2.07. The summed E-state index contributed by atoms with van der Waals surface area (Å²) in [5.74, 6) is 2.65. The van der Waals surface area contributed by atoms with Gasteiger partial charge in [-0.15, -0.1) is 21.5 Å². The molecule has 0 unspecified atom stereocenters. The van der Waals surface area contributed by atoms with Gasteiger partial charge >= 0.3 is 0 Å². The van der Waals surface area contributed by atoms with Crippen molar-refractivity contribution in [3.8, 4) is 11.5 Å². The summed E-state index contributed by atoms with van der Waals surface area (Å²) in [4.78, 5) is 24.7. The maximum Gasteiger partial charge on any atom is 0.272 e. The third kappa shape index (κ3) is 3.18. The largest absolute Gasteiger partial charge is 0.454 e. The van der Waals surface area contributed by atoms with Crippen LogP contribution in [0.3, 0.4) is 0 Å². The lowest BCUT2D eigenvalue weighted by Crippen LogP contribution is -2.22. The molecule has 154 valence electrons. The quantitative estimate of drug-likeness (QED) is 0.507. The summed E-state index contributed by atoms with van der Waals surface area (Å²) in [5.41, 5.74) is 1.69. The van der Waals surface area contributed by atoms with Crippen molar-refractivity contribution in [2.45, 2.75) is 25.8 Å². The molecule has 9 nitrogen and oxygen atoms in total. The highest BCUT2D eigenvalue weighted by Crippen LogP contribution is 2.32. The second kappa shape index (κ2) is 7.45. The van der Waals surface area contributed by atoms with Crippen LogP contribution in [0.5, 0.6) is 11.5 Å². The Labute approximate surface area is 174 Å². The van der Waals surface area contributed by atoms with Gasteiger partial charge in [0.1, 0.15) is 10.5 Å². The maximum absolute atomic E-state index is 12.4. The van der Waals surface area contributed by atoms with Crippen LogP contribution in [0.25, 0.3) is 16.0 Å². The molecule has 0 atom stereocenters. The Morgan fingerprint density at radius 1 is 1.23 bits per heavy atom. The van der Waals surface area contributed by atoms with Crippen molar-refractivity contribution in [2.75, 3.05) is 6.79 Å². The third-order valence-corrected chi connectivity index (χ3v) is 6.02. The molecular formula is C20H19N5O4S. The van der Waals surface area contributed by atoms with Crippen LogP contribution in [-0.4, -0.2) is 31.9 Å². The molecule has 30 heavy (non-hydrogen) atoms. The summed E-state index contributed by atoms with van der Waals surface area (Å²) < 4.78 is 14.7. The lowest BCUT2D eigenvalue weighted by atomic mass is 10.2. The van der Waals surface area contributed by atoms with Crippen LogP contribution in [-0.2, 0) is 24.8 Å². The molecule has 0 radical (unpaired) electrons. The Bertz CT molecular complexity index is 1320. The minimum absolute atomic E-state index is 0.0328. The topological polar surface area (TPSA) is 99.8 Å². The number of hydrogen-bond donors (Lipinski definition) is 1. The molecule has 0 aliphatic carbocycles. The number of aryl methyl sites for hydroxylation is 2. The molecular weight excluding hydrogens is 406 g/mol. The van der Waals surface area contributed by atoms with Crippen molar-refractivity contribution >= 4 is 33.2 Å². The van der Waals surface area contributed by atoms with Crippen molar-refractivity contribution < 1.29 is 14.3 Å². The van der Waals surface area contributed by atoms with E-state index < -0.39 is 0 Å². The van der Waals surface area contributed by atoms with E-state index in [0.717, 1.165) is 22.7 Å². The van der Waals surface area contributed by atoms with Gasteiger partial charge in [-0.25, -0.2) is 0 Å². The predicted octanol–water partition coefficient (Wildman–Crippen LogP) is 2.01. The molecule has 1 aliphatic heterocycles. The number of ether oxygens (including phenoxy) is 2. The first kappa shape index (κ1) is 18.6. The summed E-state index contributed by atoms with van der Waals surface area (Å²) in [6, 6.07) is 7.53. The zero-order chi connectivity index (χ0) is 20.7. The lowest BCUT2D eigenvalue weighted by molar-refractivity contribution is -0.121. The first-order chi connectivity index (χ1) is 14.6. The van der Waals surface area contributed by atoms with Gasteiger partial charge in [-0.2, -0.15) is 0 Å². The minimum Gasteiger partial charge on any atom is -0.454 e. The summed E-state index contributed by atoms with van der Waals surface area (Å²) in [7, 11) is 1.69. The SMILES string of the molecule is Cn1c(=O)c2sccc2n2c(CCCC(=O)NCc3ccc4c(c3)OCO4)nnc12. The summed E-state index contributed by atoms with van der Waals surface area (Å²) >= 11 is 1.41. The van der Waals surface area contributed by atoms with E-state index in [0.29, 0.717) is 42.0 Å². The molecule has 0 saturated carbocycles. The van der Waals surface area contributed by atoms with Gasteiger partial charge in [-0.05, 0) is 35.6 Å². The number of aromatic nitrogens is 4. The Kier molecular flexibility index (Phi) is 4.62. The molecule has 1 amide bonds. The smallest absolute Gasteiger partial charge is 0.272 e. The van der Waals surface area contributed by atoms with Crippen molar-refractivity contribution in [3.63, 3.8) is 0 Å². The van der Waals surface area contributed by atoms with E-state index in [2.05, 4.69) is 15.5 Å². The summed E-state index contributed by atoms with van der Waals surface area (Å²) in [6.07, 6.45) is 1.59. The number of hydrogen-bond acceptors (Lipinski definition) is 7. The van der Waals surface area contributed by atoms with Gasteiger partial charge < -0.3 is 14.8 Å². The number of nitrogens with zero attached hydrogens (tertiary/aromatic N) is 4. The molecule has 3 aromatic heterocycles. The van der Waals surface area contributed by atoms with E-state index in [1.54, 1.807) is 7.05 Å². The van der Waals surface area contributed by atoms with Crippen LogP contribution in [0, 0.1) is 0 Å². The fourth-order valence-electron chi connectivity index (χ4n) is 3.56. The average Bonchev–Trinajstić information content (AvgIpc) is 3.48. The van der Waals surface area contributed by atoms with Gasteiger partial charge in [0.25, 0.3) is 5.56 Å². The molecule has 1 aliphatic rings. The van der Waals surface area contributed by atoms with E-state index in [9.17, 15) is 9.59 Å². The second-order valence-corrected chi connectivity index (χ2v) is 7.98. The number of amides is 1. The zero-order valence-electron chi connectivity index (χ0n) is 16.3. The second-order valence-electron chi connectivity index (χ2n) is 7.07. The monoisotopic (exact) mass is 425 g/mol. The molecule has 0 fully saturated rings. The van der Waals surface area contributed by atoms with Crippen molar-refractivity contribution in [1.29, 1.82) is 0 Å². The minimum atomic E-state index is -0.0747. The van der Waals surface area contributed by atoms with E-state index in [4.69, 9.17) is 9.47 Å². The average molecular weight is 425 g/mol. The predicted molar refractivity (Wildman–Crippen MR) is 111 cm³/mol. The Morgan fingerprint density at radius 2 is 2.10 bits per heavy atom. The van der Waals surface area contributed by atoms with Crippen molar-refractivity contribution in [3.05, 3.63) is 51.4 Å². The van der Waals surface area contributed by atoms with Gasteiger partial charge in [-0.1, -0.05) is 6.07 Å². The molecule has 5 rings (SSSR count). The Balaban J connectivity index is 1.22. The summed E-state index contributed by atoms with van der Waals surface area (Å²) in [5, 5.41) is 13.2. The fraction of sp³-hybridized carbons (Fsp3) is 0.300. The number of thiophene rings is 1. The van der Waals surface area contributed by atoms with E-state index in [-0.39, 0.29) is 18.3 Å². The zero-order valence-corrected chi connectivity index (χ0v) is 17.1. The summed E-state index contributed by atoms with van der Waals surface area (Å²) in [6.45, 7) is 0.662. The molecule has 0 saturated heterocycles. The first-order valence-corrected chi connectivity index (χ1v) is 10.5. The molecule has 10 heteroatoms. The fourth-order valence-corrected chi connectivity index (χ4v) is 4.41. The first-order valence-electron chi connectivity index (χ1n) is 9.57. The van der Waals surface area contributed by atoms with E-state index in [1.807, 2.05) is 34.0 Å². The number of benzene rings is 1. The van der Waals surface area contributed by atoms with Crippen LogP contribution in [0.15, 0.2) is 34.4 Å². The maximum atomic E-state index is 12.4. The van der Waals surface area contributed by atoms with Crippen LogP contribution in [0.2, 0.25) is 0 Å². The van der Waals surface area contributed by atoms with Crippen LogP contribution in [0.1, 0.15) is 24.2 Å². The highest BCUT2D eigenvalue weighted by molar-refractivity contribution is 7.17. The highest BCUT2D eigenvalue weighted by Gasteiger charge is 2.16. The molecule has 0 spiro atoms. The number of carbonyl (C=O) groups excluding carboxylic acids is 1. The standard InChI is InChI=1S/C20H19N5O4S/c1-24-19(27)18-13(7-8-30-18)25-16(22-23-20(24)25)3-2-4-17(26)21-10-12-5-6-14-15(9-12)29-11-28-14/h5-9H,2-4,10-11H2,1H3,(H,21,26). The van der Waals surface area contributed by atoms with Gasteiger partial charge in [0.05, 0.1) is 5.52 Å². The van der Waals surface area contributed by atoms with Gasteiger partial charge in [0, 0.05) is 26.4 Å². The molecule has 1 N–H and O–H groups in total. The molecule has 0 bridgehead atoms. The highest BCUT2D eigenvalue weighted by atomic mass is 32.1. The van der Waals surface area contributed by atoms with Crippen LogP contribution in [0.4, 0.5) is 0 Å². The van der Waals surface area contributed by atoms with Gasteiger partial charge in [-0.3, -0.25) is 18.6 Å². The van der Waals surface area contributed by atoms with Crippen LogP contribution < -0.4 is 20.3 Å². The van der Waals surface area contributed by atoms with Crippen molar-refractivity contribution in [2.24, 2.45) is 7.05 Å². The number of carbonyl (C=O) groups is 1. The normalized spacial score (nSPS) is 12.7. The van der Waals surface area contributed by atoms with Crippen LogP contribution >= 0.6 is 11.3 Å². The van der Waals surface area contributed by atoms with Gasteiger partial charge in [0.15, 0.2) is 11.5 Å². The number of rotatable bonds is 6. The van der Waals surface area contributed by atoms with E-state index in [1.165, 1.54) is 15.9 Å². The Morgan fingerprint density at radius 3 is 3.00 bits per heavy atom.